The van der Waals surface area contributed by atoms with Crippen LogP contribution in [0.3, 0.4) is 0 Å². The molecule has 1 aliphatic carbocycles. The summed E-state index contributed by atoms with van der Waals surface area (Å²) in [4.78, 5) is 23.9. The highest BCUT2D eigenvalue weighted by atomic mass is 16.5. The summed E-state index contributed by atoms with van der Waals surface area (Å²) >= 11 is 0. The number of hydrogen-bond acceptors (Lipinski definition) is 3. The number of ether oxygens (including phenoxy) is 1. The Balaban J connectivity index is 1.82. The molecule has 1 aromatic carbocycles. The zero-order chi connectivity index (χ0) is 16.1. The van der Waals surface area contributed by atoms with Gasteiger partial charge in [0.25, 0.3) is 5.91 Å². The second-order valence-corrected chi connectivity index (χ2v) is 6.31. The molecular formula is C18H25NO3. The first-order chi connectivity index (χ1) is 10.5. The van der Waals surface area contributed by atoms with E-state index in [1.807, 2.05) is 19.9 Å². The molecule has 2 atom stereocenters. The molecule has 0 aromatic heterocycles. The summed E-state index contributed by atoms with van der Waals surface area (Å²) < 4.78 is 5.11. The number of amides is 1. The monoisotopic (exact) mass is 303 g/mol. The molecule has 0 radical (unpaired) electrons. The van der Waals surface area contributed by atoms with Crippen LogP contribution >= 0.6 is 0 Å². The minimum absolute atomic E-state index is 0.210. The van der Waals surface area contributed by atoms with Gasteiger partial charge in [-0.15, -0.1) is 0 Å². The summed E-state index contributed by atoms with van der Waals surface area (Å²) in [5.74, 6) is -0.168. The van der Waals surface area contributed by atoms with Crippen molar-refractivity contribution in [2.24, 2.45) is 5.92 Å². The third-order valence-corrected chi connectivity index (χ3v) is 4.53. The zero-order valence-corrected chi connectivity index (χ0v) is 13.6. The Morgan fingerprint density at radius 3 is 2.59 bits per heavy atom. The fourth-order valence-corrected chi connectivity index (χ4v) is 2.86. The fourth-order valence-electron chi connectivity index (χ4n) is 2.86. The van der Waals surface area contributed by atoms with Crippen molar-refractivity contribution in [2.75, 3.05) is 6.61 Å². The van der Waals surface area contributed by atoms with Crippen molar-refractivity contribution >= 4 is 11.9 Å². The van der Waals surface area contributed by atoms with E-state index in [1.54, 1.807) is 12.1 Å². The van der Waals surface area contributed by atoms with Gasteiger partial charge in [0, 0.05) is 6.04 Å². The first-order valence-electron chi connectivity index (χ1n) is 8.01. The molecule has 1 fully saturated rings. The van der Waals surface area contributed by atoms with E-state index in [9.17, 15) is 9.59 Å². The van der Waals surface area contributed by atoms with E-state index < -0.39 is 5.97 Å². The van der Waals surface area contributed by atoms with Gasteiger partial charge in [-0.2, -0.15) is 0 Å². The molecule has 22 heavy (non-hydrogen) atoms. The third kappa shape index (κ3) is 4.33. The molecule has 1 saturated carbocycles. The average Bonchev–Trinajstić information content (AvgIpc) is 2.50. The molecule has 0 spiro atoms. The molecule has 1 N–H and O–H groups in total. The Bertz CT molecular complexity index is 553. The van der Waals surface area contributed by atoms with Crippen LogP contribution in [0.2, 0.25) is 0 Å². The van der Waals surface area contributed by atoms with E-state index in [0.717, 1.165) is 30.4 Å². The van der Waals surface area contributed by atoms with Crippen LogP contribution in [-0.4, -0.2) is 24.5 Å². The van der Waals surface area contributed by atoms with Gasteiger partial charge in [-0.1, -0.05) is 25.8 Å². The topological polar surface area (TPSA) is 55.4 Å². The molecule has 0 aliphatic heterocycles. The van der Waals surface area contributed by atoms with E-state index in [4.69, 9.17) is 4.74 Å². The van der Waals surface area contributed by atoms with Crippen LogP contribution in [0.1, 0.15) is 54.1 Å². The Hall–Kier alpha value is -1.84. The van der Waals surface area contributed by atoms with Crippen LogP contribution in [0.25, 0.3) is 0 Å². The van der Waals surface area contributed by atoms with Gasteiger partial charge in [-0.25, -0.2) is 4.79 Å². The Morgan fingerprint density at radius 2 is 1.91 bits per heavy atom. The largest absolute Gasteiger partial charge is 0.452 e. The van der Waals surface area contributed by atoms with E-state index in [-0.39, 0.29) is 18.6 Å². The average molecular weight is 303 g/mol. The molecule has 1 aliphatic rings. The summed E-state index contributed by atoms with van der Waals surface area (Å²) in [7, 11) is 0. The van der Waals surface area contributed by atoms with Crippen molar-refractivity contribution in [3.8, 4) is 0 Å². The van der Waals surface area contributed by atoms with E-state index in [1.165, 1.54) is 6.42 Å². The smallest absolute Gasteiger partial charge is 0.338 e. The lowest BCUT2D eigenvalue weighted by molar-refractivity contribution is -0.125. The Labute approximate surface area is 132 Å². The normalized spacial score (nSPS) is 21.2. The number of rotatable bonds is 4. The molecular weight excluding hydrogens is 278 g/mol. The lowest BCUT2D eigenvalue weighted by atomic mass is 9.86. The van der Waals surface area contributed by atoms with Crippen LogP contribution in [0.4, 0.5) is 0 Å². The van der Waals surface area contributed by atoms with Gasteiger partial charge in [-0.3, -0.25) is 4.79 Å². The Kier molecular flexibility index (Phi) is 5.58. The predicted molar refractivity (Wildman–Crippen MR) is 85.8 cm³/mol. The van der Waals surface area contributed by atoms with Crippen LogP contribution < -0.4 is 5.32 Å². The SMILES string of the molecule is Cc1ccc(C(=O)OCC(=O)N[C@H]2CCCC[C@H]2C)cc1C. The van der Waals surface area contributed by atoms with Crippen molar-refractivity contribution < 1.29 is 14.3 Å². The van der Waals surface area contributed by atoms with E-state index in [0.29, 0.717) is 11.5 Å². The molecule has 4 nitrogen and oxygen atoms in total. The van der Waals surface area contributed by atoms with Crippen molar-refractivity contribution in [2.45, 2.75) is 52.5 Å². The highest BCUT2D eigenvalue weighted by molar-refractivity contribution is 5.91. The van der Waals surface area contributed by atoms with Gasteiger partial charge in [0.05, 0.1) is 5.56 Å². The van der Waals surface area contributed by atoms with Crippen LogP contribution in [0, 0.1) is 19.8 Å². The maximum Gasteiger partial charge on any atom is 0.338 e. The van der Waals surface area contributed by atoms with Gasteiger partial charge in [0.15, 0.2) is 6.61 Å². The maximum atomic E-state index is 12.0. The quantitative estimate of drug-likeness (QED) is 0.869. The fraction of sp³-hybridized carbons (Fsp3) is 0.556. The minimum atomic E-state index is -0.449. The van der Waals surface area contributed by atoms with Crippen molar-refractivity contribution in [3.63, 3.8) is 0 Å². The van der Waals surface area contributed by atoms with Crippen molar-refractivity contribution in [1.29, 1.82) is 0 Å². The standard InChI is InChI=1S/C18H25NO3/c1-12-8-9-15(10-14(12)3)18(21)22-11-17(20)19-16-7-5-4-6-13(16)2/h8-10,13,16H,4-7,11H2,1-3H3,(H,19,20)/t13-,16+/m1/s1. The van der Waals surface area contributed by atoms with Gasteiger partial charge in [0.2, 0.25) is 0 Å². The third-order valence-electron chi connectivity index (χ3n) is 4.53. The number of benzene rings is 1. The predicted octanol–water partition coefficient (Wildman–Crippen LogP) is 3.16. The molecule has 1 amide bonds. The lowest BCUT2D eigenvalue weighted by Crippen LogP contribution is -2.42. The van der Waals surface area contributed by atoms with Crippen molar-refractivity contribution in [3.05, 3.63) is 34.9 Å². The lowest BCUT2D eigenvalue weighted by Gasteiger charge is -2.29. The summed E-state index contributed by atoms with van der Waals surface area (Å²) in [6.07, 6.45) is 4.54. The minimum Gasteiger partial charge on any atom is -0.452 e. The number of aryl methyl sites for hydroxylation is 2. The van der Waals surface area contributed by atoms with Crippen molar-refractivity contribution in [1.82, 2.24) is 5.32 Å². The maximum absolute atomic E-state index is 12.0. The van der Waals surface area contributed by atoms with E-state index in [2.05, 4.69) is 12.2 Å². The van der Waals surface area contributed by atoms with Crippen LogP contribution in [-0.2, 0) is 9.53 Å². The van der Waals surface area contributed by atoms with Gasteiger partial charge in [-0.05, 0) is 55.9 Å². The van der Waals surface area contributed by atoms with Gasteiger partial charge in [0.1, 0.15) is 0 Å². The number of hydrogen-bond donors (Lipinski definition) is 1. The summed E-state index contributed by atoms with van der Waals surface area (Å²) in [6.45, 7) is 5.88. The molecule has 0 heterocycles. The molecule has 0 unspecified atom stereocenters. The number of carbonyl (C=O) groups excluding carboxylic acids is 2. The molecule has 120 valence electrons. The zero-order valence-electron chi connectivity index (χ0n) is 13.6. The van der Waals surface area contributed by atoms with Crippen LogP contribution in [0.15, 0.2) is 18.2 Å². The first-order valence-corrected chi connectivity index (χ1v) is 8.01. The molecule has 0 saturated heterocycles. The summed E-state index contributed by atoms with van der Waals surface area (Å²) in [6, 6.07) is 5.61. The molecule has 1 aromatic rings. The van der Waals surface area contributed by atoms with Gasteiger partial charge < -0.3 is 10.1 Å². The van der Waals surface area contributed by atoms with E-state index >= 15 is 0 Å². The summed E-state index contributed by atoms with van der Waals surface area (Å²) in [5.41, 5.74) is 2.65. The molecule has 0 bridgehead atoms. The Morgan fingerprint density at radius 1 is 1.18 bits per heavy atom. The number of carbonyl (C=O) groups is 2. The number of nitrogens with one attached hydrogen (secondary N) is 1. The number of esters is 1. The second kappa shape index (κ2) is 7.43. The summed E-state index contributed by atoms with van der Waals surface area (Å²) in [5, 5.41) is 2.98. The highest BCUT2D eigenvalue weighted by Crippen LogP contribution is 2.23. The second-order valence-electron chi connectivity index (χ2n) is 6.31. The first kappa shape index (κ1) is 16.5. The van der Waals surface area contributed by atoms with Gasteiger partial charge >= 0.3 is 5.97 Å². The highest BCUT2D eigenvalue weighted by Gasteiger charge is 2.23. The molecule has 4 heteroatoms. The molecule has 2 rings (SSSR count). The van der Waals surface area contributed by atoms with Crippen LogP contribution in [0.5, 0.6) is 0 Å².